The lowest BCUT2D eigenvalue weighted by atomic mass is 10.1. The fraction of sp³-hybridized carbons (Fsp3) is 0.308. The average Bonchev–Trinajstić information content (AvgIpc) is 2.22. The molecule has 0 saturated heterocycles. The van der Waals surface area contributed by atoms with Gasteiger partial charge in [0.05, 0.1) is 0 Å². The standard InChI is InChI=1S/C13H16O2S/c1-10-6-7-12(9-13(10)15)5-3-4-8-16-11(2)14/h3,5-7,9,15H,4,8H2,1-2H3. The van der Waals surface area contributed by atoms with Crippen LogP contribution in [0.4, 0.5) is 0 Å². The summed E-state index contributed by atoms with van der Waals surface area (Å²) in [6.45, 7) is 3.44. The second-order valence-electron chi connectivity index (χ2n) is 3.58. The lowest BCUT2D eigenvalue weighted by Gasteiger charge is -1.99. The van der Waals surface area contributed by atoms with Crippen molar-refractivity contribution in [2.45, 2.75) is 20.3 Å². The molecule has 1 rings (SSSR count). The van der Waals surface area contributed by atoms with Crippen molar-refractivity contribution < 1.29 is 9.90 Å². The highest BCUT2D eigenvalue weighted by molar-refractivity contribution is 8.13. The second-order valence-corrected chi connectivity index (χ2v) is 4.85. The van der Waals surface area contributed by atoms with Gasteiger partial charge in [0, 0.05) is 12.7 Å². The van der Waals surface area contributed by atoms with Crippen molar-refractivity contribution in [1.82, 2.24) is 0 Å². The van der Waals surface area contributed by atoms with Crippen LogP contribution in [-0.2, 0) is 4.79 Å². The Morgan fingerprint density at radius 3 is 2.88 bits per heavy atom. The number of phenolic OH excluding ortho intramolecular Hbond substituents is 1. The van der Waals surface area contributed by atoms with Gasteiger partial charge in [-0.3, -0.25) is 4.79 Å². The fourth-order valence-corrected chi connectivity index (χ4v) is 1.76. The molecule has 1 aromatic rings. The fourth-order valence-electron chi connectivity index (χ4n) is 1.22. The van der Waals surface area contributed by atoms with E-state index in [0.29, 0.717) is 5.75 Å². The summed E-state index contributed by atoms with van der Waals surface area (Å²) >= 11 is 1.33. The summed E-state index contributed by atoms with van der Waals surface area (Å²) in [5.74, 6) is 1.13. The Morgan fingerprint density at radius 1 is 1.50 bits per heavy atom. The lowest BCUT2D eigenvalue weighted by molar-refractivity contribution is -0.109. The van der Waals surface area contributed by atoms with Crippen LogP contribution in [0.2, 0.25) is 0 Å². The maximum Gasteiger partial charge on any atom is 0.185 e. The molecule has 0 saturated carbocycles. The van der Waals surface area contributed by atoms with Gasteiger partial charge in [-0.05, 0) is 30.5 Å². The lowest BCUT2D eigenvalue weighted by Crippen LogP contribution is -1.83. The monoisotopic (exact) mass is 236 g/mol. The van der Waals surface area contributed by atoms with Gasteiger partial charge in [-0.25, -0.2) is 0 Å². The molecule has 0 bridgehead atoms. The first-order valence-corrected chi connectivity index (χ1v) is 6.17. The molecule has 1 N–H and O–H groups in total. The minimum Gasteiger partial charge on any atom is -0.508 e. The van der Waals surface area contributed by atoms with Crippen molar-refractivity contribution in [3.8, 4) is 5.75 Å². The van der Waals surface area contributed by atoms with Crippen LogP contribution in [0.1, 0.15) is 24.5 Å². The van der Waals surface area contributed by atoms with E-state index in [1.165, 1.54) is 11.8 Å². The third-order valence-corrected chi connectivity index (χ3v) is 2.98. The molecule has 0 aliphatic heterocycles. The zero-order valence-electron chi connectivity index (χ0n) is 9.56. The summed E-state index contributed by atoms with van der Waals surface area (Å²) in [6, 6.07) is 5.59. The SMILES string of the molecule is CC(=O)SCCC=Cc1ccc(C)c(O)c1. The molecule has 0 amide bonds. The number of phenols is 1. The Kier molecular flexibility index (Phi) is 5.12. The molecule has 0 heterocycles. The number of thioether (sulfide) groups is 1. The largest absolute Gasteiger partial charge is 0.508 e. The molecular weight excluding hydrogens is 220 g/mol. The van der Waals surface area contributed by atoms with E-state index in [1.54, 1.807) is 13.0 Å². The van der Waals surface area contributed by atoms with Gasteiger partial charge in [0.25, 0.3) is 0 Å². The summed E-state index contributed by atoms with van der Waals surface area (Å²) in [6.07, 6.45) is 4.83. The van der Waals surface area contributed by atoms with Crippen molar-refractivity contribution >= 4 is 23.0 Å². The molecule has 0 radical (unpaired) electrons. The topological polar surface area (TPSA) is 37.3 Å². The highest BCUT2D eigenvalue weighted by Crippen LogP contribution is 2.18. The summed E-state index contributed by atoms with van der Waals surface area (Å²) in [5, 5.41) is 9.65. The second kappa shape index (κ2) is 6.38. The number of rotatable bonds is 4. The smallest absolute Gasteiger partial charge is 0.185 e. The Labute approximate surface area is 100 Å². The van der Waals surface area contributed by atoms with E-state index < -0.39 is 0 Å². The first kappa shape index (κ1) is 12.8. The van der Waals surface area contributed by atoms with Crippen LogP contribution in [0.3, 0.4) is 0 Å². The number of aryl methyl sites for hydroxylation is 1. The molecule has 0 aliphatic carbocycles. The molecule has 0 fully saturated rings. The molecule has 0 unspecified atom stereocenters. The number of carbonyl (C=O) groups excluding carboxylic acids is 1. The predicted octanol–water partition coefficient (Wildman–Crippen LogP) is 3.38. The van der Waals surface area contributed by atoms with Crippen molar-refractivity contribution in [2.75, 3.05) is 5.75 Å². The van der Waals surface area contributed by atoms with E-state index in [4.69, 9.17) is 0 Å². The van der Waals surface area contributed by atoms with Crippen LogP contribution in [0.25, 0.3) is 6.08 Å². The summed E-state index contributed by atoms with van der Waals surface area (Å²) in [7, 11) is 0. The first-order valence-electron chi connectivity index (χ1n) is 5.19. The molecular formula is C13H16O2S. The molecule has 1 aromatic carbocycles. The molecule has 0 spiro atoms. The minimum atomic E-state index is 0.154. The number of benzene rings is 1. The zero-order valence-corrected chi connectivity index (χ0v) is 10.4. The maximum atomic E-state index is 10.7. The van der Waals surface area contributed by atoms with E-state index in [2.05, 4.69) is 0 Å². The predicted molar refractivity (Wildman–Crippen MR) is 69.6 cm³/mol. The highest BCUT2D eigenvalue weighted by Gasteiger charge is 1.95. The van der Waals surface area contributed by atoms with Crippen LogP contribution in [-0.4, -0.2) is 16.0 Å². The Morgan fingerprint density at radius 2 is 2.25 bits per heavy atom. The third-order valence-electron chi connectivity index (χ3n) is 2.13. The van der Waals surface area contributed by atoms with E-state index in [-0.39, 0.29) is 5.12 Å². The van der Waals surface area contributed by atoms with Crippen molar-refractivity contribution in [1.29, 1.82) is 0 Å². The molecule has 16 heavy (non-hydrogen) atoms. The van der Waals surface area contributed by atoms with Crippen LogP contribution in [0, 0.1) is 6.92 Å². The zero-order chi connectivity index (χ0) is 12.0. The molecule has 0 aromatic heterocycles. The van der Waals surface area contributed by atoms with E-state index in [1.807, 2.05) is 31.2 Å². The van der Waals surface area contributed by atoms with Gasteiger partial charge in [-0.2, -0.15) is 0 Å². The third kappa shape index (κ3) is 4.53. The number of aromatic hydroxyl groups is 1. The number of hydrogen-bond donors (Lipinski definition) is 1. The van der Waals surface area contributed by atoms with Crippen molar-refractivity contribution in [2.24, 2.45) is 0 Å². The number of hydrogen-bond acceptors (Lipinski definition) is 3. The Hall–Kier alpha value is -1.22. The van der Waals surface area contributed by atoms with Crippen LogP contribution in [0.15, 0.2) is 24.3 Å². The van der Waals surface area contributed by atoms with Gasteiger partial charge in [0.15, 0.2) is 5.12 Å². The summed E-state index contributed by atoms with van der Waals surface area (Å²) in [4.78, 5) is 10.7. The quantitative estimate of drug-likeness (QED) is 0.814. The maximum absolute atomic E-state index is 10.7. The first-order chi connectivity index (χ1) is 7.59. The normalized spacial score (nSPS) is 10.9. The van der Waals surface area contributed by atoms with Crippen molar-refractivity contribution in [3.05, 3.63) is 35.4 Å². The van der Waals surface area contributed by atoms with Gasteiger partial charge < -0.3 is 5.11 Å². The van der Waals surface area contributed by atoms with E-state index >= 15 is 0 Å². The van der Waals surface area contributed by atoms with Gasteiger partial charge in [-0.15, -0.1) is 0 Å². The Balaban J connectivity index is 2.44. The van der Waals surface area contributed by atoms with E-state index in [0.717, 1.165) is 23.3 Å². The van der Waals surface area contributed by atoms with Crippen LogP contribution >= 0.6 is 11.8 Å². The van der Waals surface area contributed by atoms with Gasteiger partial charge in [0.1, 0.15) is 5.75 Å². The number of carbonyl (C=O) groups is 1. The molecule has 0 atom stereocenters. The van der Waals surface area contributed by atoms with Crippen LogP contribution < -0.4 is 0 Å². The molecule has 86 valence electrons. The summed E-state index contributed by atoms with van der Waals surface area (Å²) < 4.78 is 0. The summed E-state index contributed by atoms with van der Waals surface area (Å²) in [5.41, 5.74) is 1.86. The Bertz CT molecular complexity index is 397. The molecule has 2 nitrogen and oxygen atoms in total. The molecule has 3 heteroatoms. The molecule has 0 aliphatic rings. The average molecular weight is 236 g/mol. The van der Waals surface area contributed by atoms with Gasteiger partial charge in [-0.1, -0.05) is 36.0 Å². The minimum absolute atomic E-state index is 0.154. The number of allylic oxidation sites excluding steroid dienone is 1. The van der Waals surface area contributed by atoms with E-state index in [9.17, 15) is 9.90 Å². The van der Waals surface area contributed by atoms with Crippen LogP contribution in [0.5, 0.6) is 5.75 Å². The van der Waals surface area contributed by atoms with Gasteiger partial charge in [0.2, 0.25) is 0 Å². The van der Waals surface area contributed by atoms with Crippen molar-refractivity contribution in [3.63, 3.8) is 0 Å². The van der Waals surface area contributed by atoms with Gasteiger partial charge >= 0.3 is 0 Å². The highest BCUT2D eigenvalue weighted by atomic mass is 32.2.